The molecule has 2 fully saturated rings. The summed E-state index contributed by atoms with van der Waals surface area (Å²) in [7, 11) is 0. The Morgan fingerprint density at radius 2 is 1.67 bits per heavy atom. The predicted octanol–water partition coefficient (Wildman–Crippen LogP) is 3.01. The van der Waals surface area contributed by atoms with Gasteiger partial charge in [0, 0.05) is 13.8 Å². The van der Waals surface area contributed by atoms with Crippen LogP contribution < -0.4 is 4.90 Å². The van der Waals surface area contributed by atoms with Gasteiger partial charge in [-0.15, -0.1) is 0 Å². The van der Waals surface area contributed by atoms with Gasteiger partial charge in [0.1, 0.15) is 0 Å². The zero-order chi connectivity index (χ0) is 24.5. The van der Waals surface area contributed by atoms with Crippen molar-refractivity contribution in [1.29, 1.82) is 0 Å². The number of nitrogens with zero attached hydrogens (tertiary/aromatic N) is 1. The van der Waals surface area contributed by atoms with Gasteiger partial charge < -0.3 is 14.2 Å². The highest BCUT2D eigenvalue weighted by Crippen LogP contribution is 2.60. The topological polar surface area (TPSA) is 99.2 Å². The van der Waals surface area contributed by atoms with E-state index < -0.39 is 70.5 Å². The first-order valence-corrected chi connectivity index (χ1v) is 10.1. The lowest BCUT2D eigenvalue weighted by Gasteiger charge is -2.34. The minimum Gasteiger partial charge on any atom is -0.422 e. The molecule has 0 spiro atoms. The average molecular weight is 488 g/mol. The monoisotopic (exact) mass is 487 g/mol. The van der Waals surface area contributed by atoms with Crippen LogP contribution in [-0.2, 0) is 39.6 Å². The molecule has 0 aliphatic carbocycles. The lowest BCUT2D eigenvalue weighted by Crippen LogP contribution is -2.52. The van der Waals surface area contributed by atoms with E-state index in [4.69, 9.17) is 25.8 Å². The fraction of sp³-hybridized carbons (Fsp3) is 0.429. The number of ether oxygens (including phenoxy) is 3. The van der Waals surface area contributed by atoms with Gasteiger partial charge in [0.15, 0.2) is 5.60 Å². The van der Waals surface area contributed by atoms with E-state index in [1.54, 1.807) is 0 Å². The standard InChI is InChI=1S/C21H17ClF3NO7/c1-9(27)31-18(32-10(2)28)20-7-6-19(3,33-20)14-15(20)17(30)26(16(14)29)13-8-11(21(23,24)25)4-5-12(13)22/h4-8,14-15,18H,1-3H3/t14-,15+,19-,20+/m1/s1. The van der Waals surface area contributed by atoms with Crippen molar-refractivity contribution in [2.24, 2.45) is 11.8 Å². The third-order valence-corrected chi connectivity index (χ3v) is 6.23. The highest BCUT2D eigenvalue weighted by molar-refractivity contribution is 6.36. The van der Waals surface area contributed by atoms with Gasteiger partial charge in [-0.2, -0.15) is 13.2 Å². The molecule has 0 unspecified atom stereocenters. The summed E-state index contributed by atoms with van der Waals surface area (Å²) >= 11 is 6.07. The summed E-state index contributed by atoms with van der Waals surface area (Å²) in [6.45, 7) is 3.60. The molecule has 8 nitrogen and oxygen atoms in total. The quantitative estimate of drug-likeness (QED) is 0.278. The molecule has 1 aromatic carbocycles. The smallest absolute Gasteiger partial charge is 0.416 e. The van der Waals surface area contributed by atoms with E-state index in [1.165, 1.54) is 19.1 Å². The van der Waals surface area contributed by atoms with Crippen molar-refractivity contribution in [3.05, 3.63) is 40.9 Å². The van der Waals surface area contributed by atoms with Crippen LogP contribution in [0.25, 0.3) is 0 Å². The largest absolute Gasteiger partial charge is 0.422 e. The van der Waals surface area contributed by atoms with E-state index in [0.717, 1.165) is 26.0 Å². The Morgan fingerprint density at radius 3 is 2.21 bits per heavy atom. The number of anilines is 1. The number of alkyl halides is 3. The Bertz CT molecular complexity index is 1100. The second-order valence-electron chi connectivity index (χ2n) is 8.15. The molecule has 0 N–H and O–H groups in total. The minimum atomic E-state index is -4.74. The molecular weight excluding hydrogens is 471 g/mol. The molecule has 33 heavy (non-hydrogen) atoms. The van der Waals surface area contributed by atoms with E-state index in [2.05, 4.69) is 0 Å². The Hall–Kier alpha value is -2.92. The predicted molar refractivity (Wildman–Crippen MR) is 105 cm³/mol. The van der Waals surface area contributed by atoms with Gasteiger partial charge >= 0.3 is 18.1 Å². The fourth-order valence-electron chi connectivity index (χ4n) is 4.66. The Balaban J connectivity index is 1.82. The maximum absolute atomic E-state index is 13.5. The summed E-state index contributed by atoms with van der Waals surface area (Å²) in [6, 6.07) is 2.28. The van der Waals surface area contributed by atoms with Crippen LogP contribution in [0.15, 0.2) is 30.4 Å². The molecule has 0 radical (unpaired) electrons. The lowest BCUT2D eigenvalue weighted by molar-refractivity contribution is -0.231. The molecular formula is C21H17ClF3NO7. The van der Waals surface area contributed by atoms with E-state index in [0.29, 0.717) is 11.0 Å². The molecule has 0 aromatic heterocycles. The van der Waals surface area contributed by atoms with Gasteiger partial charge in [-0.05, 0) is 31.2 Å². The van der Waals surface area contributed by atoms with Crippen molar-refractivity contribution in [2.45, 2.75) is 44.4 Å². The summed E-state index contributed by atoms with van der Waals surface area (Å²) in [5.74, 6) is -6.00. The molecule has 3 heterocycles. The number of halogens is 4. The molecule has 3 aliphatic rings. The molecule has 1 aromatic rings. The van der Waals surface area contributed by atoms with Crippen molar-refractivity contribution in [3.63, 3.8) is 0 Å². The van der Waals surface area contributed by atoms with E-state index >= 15 is 0 Å². The van der Waals surface area contributed by atoms with Crippen molar-refractivity contribution in [2.75, 3.05) is 4.90 Å². The number of imide groups is 1. The van der Waals surface area contributed by atoms with E-state index in [9.17, 15) is 32.3 Å². The normalized spacial score (nSPS) is 30.2. The van der Waals surface area contributed by atoms with Crippen LogP contribution in [0.2, 0.25) is 5.02 Å². The van der Waals surface area contributed by atoms with E-state index in [1.807, 2.05) is 0 Å². The first kappa shape index (κ1) is 23.2. The van der Waals surface area contributed by atoms with E-state index in [-0.39, 0.29) is 5.02 Å². The lowest BCUT2D eigenvalue weighted by atomic mass is 9.72. The molecule has 3 aliphatic heterocycles. The SMILES string of the molecule is CC(=O)OC(OC(C)=O)[C@@]12C=C[C@@](C)(O1)[C@H]1C(=O)N(c3cc(C(F)(F)F)ccc3Cl)C(=O)[C@H]12. The van der Waals surface area contributed by atoms with Gasteiger partial charge in [-0.3, -0.25) is 19.2 Å². The summed E-state index contributed by atoms with van der Waals surface area (Å²) < 4.78 is 56.0. The molecule has 4 atom stereocenters. The molecule has 176 valence electrons. The van der Waals surface area contributed by atoms with Crippen LogP contribution in [0.3, 0.4) is 0 Å². The number of hydrogen-bond acceptors (Lipinski definition) is 7. The van der Waals surface area contributed by atoms with Crippen LogP contribution in [-0.4, -0.2) is 41.2 Å². The molecule has 4 rings (SSSR count). The van der Waals surface area contributed by atoms with Crippen LogP contribution in [0.5, 0.6) is 0 Å². The van der Waals surface area contributed by atoms with Gasteiger partial charge in [-0.1, -0.05) is 17.7 Å². The van der Waals surface area contributed by atoms with Crippen LogP contribution >= 0.6 is 11.6 Å². The number of amides is 2. The van der Waals surface area contributed by atoms with Crippen molar-refractivity contribution in [1.82, 2.24) is 0 Å². The van der Waals surface area contributed by atoms with Gasteiger partial charge in [-0.25, -0.2) is 4.90 Å². The number of hydrogen-bond donors (Lipinski definition) is 0. The summed E-state index contributed by atoms with van der Waals surface area (Å²) in [5.41, 5.74) is -4.77. The first-order valence-electron chi connectivity index (χ1n) is 9.71. The Morgan fingerprint density at radius 1 is 1.09 bits per heavy atom. The second-order valence-corrected chi connectivity index (χ2v) is 8.56. The molecule has 2 amide bonds. The second kappa shape index (κ2) is 7.29. The van der Waals surface area contributed by atoms with Crippen LogP contribution in [0, 0.1) is 11.8 Å². The molecule has 2 bridgehead atoms. The van der Waals surface area contributed by atoms with Crippen LogP contribution in [0.4, 0.5) is 18.9 Å². The number of carbonyl (C=O) groups is 4. The molecule has 12 heteroatoms. The Labute approximate surface area is 190 Å². The number of fused-ring (bicyclic) bond motifs is 5. The molecule has 2 saturated heterocycles. The van der Waals surface area contributed by atoms with Crippen LogP contribution in [0.1, 0.15) is 26.3 Å². The maximum Gasteiger partial charge on any atom is 0.416 e. The first-order chi connectivity index (χ1) is 15.2. The number of carbonyl (C=O) groups excluding carboxylic acids is 4. The van der Waals surface area contributed by atoms with Crippen molar-refractivity contribution in [3.8, 4) is 0 Å². The third kappa shape index (κ3) is 3.41. The zero-order valence-electron chi connectivity index (χ0n) is 17.4. The third-order valence-electron chi connectivity index (χ3n) is 5.91. The Kier molecular flexibility index (Phi) is 5.14. The summed E-state index contributed by atoms with van der Waals surface area (Å²) in [6.07, 6.45) is -3.62. The highest BCUT2D eigenvalue weighted by atomic mass is 35.5. The molecule has 0 saturated carbocycles. The highest BCUT2D eigenvalue weighted by Gasteiger charge is 2.76. The zero-order valence-corrected chi connectivity index (χ0v) is 18.2. The fourth-order valence-corrected chi connectivity index (χ4v) is 4.86. The number of rotatable bonds is 4. The number of esters is 2. The maximum atomic E-state index is 13.5. The van der Waals surface area contributed by atoms with Crippen molar-refractivity contribution >= 4 is 41.0 Å². The summed E-state index contributed by atoms with van der Waals surface area (Å²) in [4.78, 5) is 50.8. The van der Waals surface area contributed by atoms with Gasteiger partial charge in [0.25, 0.3) is 6.29 Å². The summed E-state index contributed by atoms with van der Waals surface area (Å²) in [5, 5.41) is -0.248. The average Bonchev–Trinajstić information content (AvgIpc) is 3.26. The number of benzene rings is 1. The van der Waals surface area contributed by atoms with Gasteiger partial charge in [0.2, 0.25) is 11.8 Å². The minimum absolute atomic E-state index is 0.248. The van der Waals surface area contributed by atoms with Gasteiger partial charge in [0.05, 0.1) is 33.7 Å². The van der Waals surface area contributed by atoms with Crippen molar-refractivity contribution < 1.29 is 46.6 Å².